The van der Waals surface area contributed by atoms with Crippen LogP contribution in [0.15, 0.2) is 41.3 Å². The van der Waals surface area contributed by atoms with Crippen molar-refractivity contribution in [1.82, 2.24) is 4.31 Å². The summed E-state index contributed by atoms with van der Waals surface area (Å²) in [5, 5.41) is 2.13. The molecule has 0 unspecified atom stereocenters. The number of hydrogen-bond donors (Lipinski definition) is 1. The molecular formula is C22H23Cl2F3N2O4S. The van der Waals surface area contributed by atoms with E-state index in [0.29, 0.717) is 18.9 Å². The number of nitrogens with one attached hydrogen (secondary N) is 1. The maximum absolute atomic E-state index is 13.5. The minimum Gasteiger partial charge on any atom is -0.495 e. The Labute approximate surface area is 206 Å². The lowest BCUT2D eigenvalue weighted by Gasteiger charge is -2.33. The fourth-order valence-corrected chi connectivity index (χ4v) is 6.08. The van der Waals surface area contributed by atoms with Crippen molar-refractivity contribution >= 4 is 44.8 Å². The second kappa shape index (κ2) is 10.7. The number of carbonyl (C=O) groups is 1. The number of anilines is 1. The number of carbonyl (C=O) groups excluding carboxylic acids is 1. The van der Waals surface area contributed by atoms with E-state index in [0.717, 1.165) is 29.6 Å². The van der Waals surface area contributed by atoms with Gasteiger partial charge in [-0.05, 0) is 49.2 Å². The van der Waals surface area contributed by atoms with Gasteiger partial charge >= 0.3 is 6.18 Å². The van der Waals surface area contributed by atoms with Gasteiger partial charge in [0.15, 0.2) is 0 Å². The number of benzene rings is 2. The van der Waals surface area contributed by atoms with Crippen LogP contribution < -0.4 is 10.1 Å². The summed E-state index contributed by atoms with van der Waals surface area (Å²) in [4.78, 5) is 12.7. The fraction of sp³-hybridized carbons (Fsp3) is 0.409. The Hall–Kier alpha value is -2.01. The number of amides is 1. The van der Waals surface area contributed by atoms with Crippen LogP contribution in [0, 0.1) is 0 Å². The Kier molecular flexibility index (Phi) is 8.38. The van der Waals surface area contributed by atoms with Gasteiger partial charge in [-0.1, -0.05) is 42.5 Å². The quantitative estimate of drug-likeness (QED) is 0.470. The molecular weight excluding hydrogens is 516 g/mol. The summed E-state index contributed by atoms with van der Waals surface area (Å²) in [5.74, 6) is -0.619. The molecule has 1 saturated carbocycles. The van der Waals surface area contributed by atoms with Gasteiger partial charge in [-0.25, -0.2) is 8.42 Å². The van der Waals surface area contributed by atoms with Gasteiger partial charge < -0.3 is 10.1 Å². The van der Waals surface area contributed by atoms with Crippen LogP contribution >= 0.6 is 23.2 Å². The number of alkyl halides is 3. The molecule has 0 aliphatic heterocycles. The van der Waals surface area contributed by atoms with E-state index in [4.69, 9.17) is 27.9 Å². The van der Waals surface area contributed by atoms with Gasteiger partial charge in [0.05, 0.1) is 34.8 Å². The molecule has 2 aromatic rings. The molecule has 1 aliphatic carbocycles. The molecule has 186 valence electrons. The van der Waals surface area contributed by atoms with Crippen molar-refractivity contribution in [3.8, 4) is 5.75 Å². The minimum absolute atomic E-state index is 0.0765. The van der Waals surface area contributed by atoms with Crippen molar-refractivity contribution in [3.05, 3.63) is 52.0 Å². The molecule has 0 saturated heterocycles. The molecule has 1 fully saturated rings. The summed E-state index contributed by atoms with van der Waals surface area (Å²) >= 11 is 11.8. The van der Waals surface area contributed by atoms with Crippen LogP contribution in [0.4, 0.5) is 18.9 Å². The number of halogens is 5. The zero-order valence-corrected chi connectivity index (χ0v) is 20.5. The molecule has 0 bridgehead atoms. The molecule has 6 nitrogen and oxygen atoms in total. The number of hydrogen-bond acceptors (Lipinski definition) is 4. The summed E-state index contributed by atoms with van der Waals surface area (Å²) in [5.41, 5.74) is -1.63. The number of rotatable bonds is 7. The standard InChI is InChI=1S/C22H23Cl2F3N2O4S/c1-33-20-10-8-16(12-18(20)24)34(31,32)29(15-5-3-2-4-6-15)13-21(30)28-19-9-7-14(23)11-17(19)22(25,26)27/h7-12,15H,2-6,13H2,1H3,(H,28,30). The first-order valence-corrected chi connectivity index (χ1v) is 12.6. The largest absolute Gasteiger partial charge is 0.495 e. The molecule has 12 heteroatoms. The molecule has 0 radical (unpaired) electrons. The molecule has 1 N–H and O–H groups in total. The lowest BCUT2D eigenvalue weighted by Crippen LogP contribution is -2.45. The van der Waals surface area contributed by atoms with Gasteiger partial charge in [0, 0.05) is 11.1 Å². The predicted molar refractivity (Wildman–Crippen MR) is 124 cm³/mol. The molecule has 2 aromatic carbocycles. The molecule has 0 heterocycles. The fourth-order valence-electron chi connectivity index (χ4n) is 3.91. The van der Waals surface area contributed by atoms with Crippen LogP contribution in [0.1, 0.15) is 37.7 Å². The molecule has 3 rings (SSSR count). The summed E-state index contributed by atoms with van der Waals surface area (Å²) in [6.07, 6.45) is -1.21. The number of nitrogens with zero attached hydrogens (tertiary/aromatic N) is 1. The topological polar surface area (TPSA) is 75.7 Å². The van der Waals surface area contributed by atoms with Crippen LogP contribution in [0.25, 0.3) is 0 Å². The Morgan fingerprint density at radius 3 is 2.38 bits per heavy atom. The third-order valence-electron chi connectivity index (χ3n) is 5.57. The van der Waals surface area contributed by atoms with Gasteiger partial charge in [0.2, 0.25) is 15.9 Å². The number of methoxy groups -OCH3 is 1. The van der Waals surface area contributed by atoms with E-state index in [9.17, 15) is 26.4 Å². The monoisotopic (exact) mass is 538 g/mol. The van der Waals surface area contributed by atoms with Gasteiger partial charge in [0.25, 0.3) is 0 Å². The Balaban J connectivity index is 1.92. The highest BCUT2D eigenvalue weighted by Crippen LogP contribution is 2.37. The maximum atomic E-state index is 13.5. The maximum Gasteiger partial charge on any atom is 0.418 e. The molecule has 0 atom stereocenters. The van der Waals surface area contributed by atoms with Crippen molar-refractivity contribution in [2.24, 2.45) is 0 Å². The van der Waals surface area contributed by atoms with Crippen LogP contribution in [-0.2, 0) is 21.0 Å². The first-order chi connectivity index (χ1) is 15.9. The molecule has 0 spiro atoms. The molecule has 1 aliphatic rings. The van der Waals surface area contributed by atoms with E-state index in [2.05, 4.69) is 5.32 Å². The normalized spacial score (nSPS) is 15.4. The summed E-state index contributed by atoms with van der Waals surface area (Å²) in [6, 6.07) is 6.41. The van der Waals surface area contributed by atoms with Gasteiger partial charge in [-0.3, -0.25) is 4.79 Å². The predicted octanol–water partition coefficient (Wildman–Crippen LogP) is 5.98. The second-order valence-corrected chi connectivity index (χ2v) is 10.6. The molecule has 1 amide bonds. The first-order valence-electron chi connectivity index (χ1n) is 10.5. The van der Waals surface area contributed by atoms with Crippen molar-refractivity contribution in [2.45, 2.75) is 49.2 Å². The van der Waals surface area contributed by atoms with Crippen molar-refractivity contribution in [1.29, 1.82) is 0 Å². The van der Waals surface area contributed by atoms with Gasteiger partial charge in [-0.2, -0.15) is 17.5 Å². The van der Waals surface area contributed by atoms with E-state index in [1.54, 1.807) is 0 Å². The summed E-state index contributed by atoms with van der Waals surface area (Å²) in [7, 11) is -2.80. The highest BCUT2D eigenvalue weighted by atomic mass is 35.5. The summed E-state index contributed by atoms with van der Waals surface area (Å²) < 4.78 is 73.3. The highest BCUT2D eigenvalue weighted by molar-refractivity contribution is 7.89. The van der Waals surface area contributed by atoms with Gasteiger partial charge in [-0.15, -0.1) is 0 Å². The first kappa shape index (κ1) is 26.6. The number of sulfonamides is 1. The third kappa shape index (κ3) is 6.16. The SMILES string of the molecule is COc1ccc(S(=O)(=O)N(CC(=O)Nc2ccc(Cl)cc2C(F)(F)F)C2CCCCC2)cc1Cl. The number of ether oxygens (including phenoxy) is 1. The second-order valence-electron chi connectivity index (χ2n) is 7.87. The summed E-state index contributed by atoms with van der Waals surface area (Å²) in [6.45, 7) is -0.656. The smallest absolute Gasteiger partial charge is 0.418 e. The zero-order valence-electron chi connectivity index (χ0n) is 18.2. The Morgan fingerprint density at radius 1 is 1.12 bits per heavy atom. The van der Waals surface area contributed by atoms with Gasteiger partial charge in [0.1, 0.15) is 5.75 Å². The van der Waals surface area contributed by atoms with E-state index in [-0.39, 0.29) is 20.7 Å². The van der Waals surface area contributed by atoms with E-state index in [1.807, 2.05) is 0 Å². The van der Waals surface area contributed by atoms with Crippen LogP contribution in [0.2, 0.25) is 10.0 Å². The van der Waals surface area contributed by atoms with E-state index < -0.39 is 45.9 Å². The zero-order chi connectivity index (χ0) is 25.1. The highest BCUT2D eigenvalue weighted by Gasteiger charge is 2.36. The molecule has 0 aromatic heterocycles. The Bertz CT molecular complexity index is 1150. The third-order valence-corrected chi connectivity index (χ3v) is 8.00. The van der Waals surface area contributed by atoms with Crippen molar-refractivity contribution < 1.29 is 31.1 Å². The lowest BCUT2D eigenvalue weighted by atomic mass is 9.95. The molecule has 34 heavy (non-hydrogen) atoms. The van der Waals surface area contributed by atoms with Crippen LogP contribution in [0.3, 0.4) is 0 Å². The van der Waals surface area contributed by atoms with Crippen molar-refractivity contribution in [3.63, 3.8) is 0 Å². The van der Waals surface area contributed by atoms with E-state index >= 15 is 0 Å². The average Bonchev–Trinajstić information content (AvgIpc) is 2.78. The lowest BCUT2D eigenvalue weighted by molar-refractivity contribution is -0.137. The minimum atomic E-state index is -4.76. The Morgan fingerprint density at radius 2 is 1.79 bits per heavy atom. The van der Waals surface area contributed by atoms with E-state index in [1.165, 1.54) is 31.4 Å². The van der Waals surface area contributed by atoms with Crippen LogP contribution in [0.5, 0.6) is 5.75 Å². The van der Waals surface area contributed by atoms with Crippen molar-refractivity contribution in [2.75, 3.05) is 19.0 Å². The van der Waals surface area contributed by atoms with Crippen LogP contribution in [-0.4, -0.2) is 38.3 Å². The average molecular weight is 539 g/mol.